The lowest BCUT2D eigenvalue weighted by Crippen LogP contribution is -2.35. The second-order valence-electron chi connectivity index (χ2n) is 3.93. The Morgan fingerprint density at radius 3 is 2.83 bits per heavy atom. The van der Waals surface area contributed by atoms with Crippen LogP contribution in [0.1, 0.15) is 18.1 Å². The molecule has 4 nitrogen and oxygen atoms in total. The molecule has 0 aliphatic heterocycles. The summed E-state index contributed by atoms with van der Waals surface area (Å²) in [5, 5.41) is 11.5. The molecule has 5 heteroatoms. The molecule has 0 radical (unpaired) electrons. The highest BCUT2D eigenvalue weighted by Gasteiger charge is 2.07. The summed E-state index contributed by atoms with van der Waals surface area (Å²) in [7, 11) is 1.71. The van der Waals surface area contributed by atoms with Gasteiger partial charge in [0, 0.05) is 25.7 Å². The molecule has 0 unspecified atom stereocenters. The van der Waals surface area contributed by atoms with Gasteiger partial charge in [-0.25, -0.2) is 4.39 Å². The lowest BCUT2D eigenvalue weighted by Gasteiger charge is -2.14. The summed E-state index contributed by atoms with van der Waals surface area (Å²) >= 11 is 0. The van der Waals surface area contributed by atoms with Crippen LogP contribution in [0.2, 0.25) is 0 Å². The molecule has 1 aromatic carbocycles. The summed E-state index contributed by atoms with van der Waals surface area (Å²) < 4.78 is 13.5. The molecule has 0 aliphatic carbocycles. The quantitative estimate of drug-likeness (QED) is 0.854. The molecule has 0 spiro atoms. The van der Waals surface area contributed by atoms with Crippen LogP contribution < -0.4 is 5.32 Å². The van der Waals surface area contributed by atoms with E-state index >= 15 is 0 Å². The zero-order valence-electron chi connectivity index (χ0n) is 10.5. The highest BCUT2D eigenvalue weighted by atomic mass is 19.1. The van der Waals surface area contributed by atoms with E-state index in [2.05, 4.69) is 5.32 Å². The first-order valence-corrected chi connectivity index (χ1v) is 5.71. The van der Waals surface area contributed by atoms with Crippen LogP contribution in [-0.2, 0) is 11.3 Å². The van der Waals surface area contributed by atoms with Gasteiger partial charge >= 0.3 is 0 Å². The van der Waals surface area contributed by atoms with E-state index in [1.165, 1.54) is 6.07 Å². The van der Waals surface area contributed by atoms with Crippen molar-refractivity contribution in [2.45, 2.75) is 13.5 Å². The van der Waals surface area contributed by atoms with Gasteiger partial charge in [-0.1, -0.05) is 6.07 Å². The standard InChI is InChI=1S/C13H16FN3O/c1-3-17(2)13(18)9-16-8-11-5-4-10(7-15)6-12(11)14/h4-6,16H,3,8-9H2,1-2H3. The number of nitrogens with zero attached hydrogens (tertiary/aromatic N) is 2. The first-order valence-electron chi connectivity index (χ1n) is 5.71. The van der Waals surface area contributed by atoms with Crippen molar-refractivity contribution >= 4 is 5.91 Å². The topological polar surface area (TPSA) is 56.1 Å². The number of carbonyl (C=O) groups is 1. The first-order chi connectivity index (χ1) is 8.58. The van der Waals surface area contributed by atoms with Gasteiger partial charge in [-0.15, -0.1) is 0 Å². The van der Waals surface area contributed by atoms with Crippen LogP contribution in [-0.4, -0.2) is 30.9 Å². The van der Waals surface area contributed by atoms with Crippen LogP contribution in [0.3, 0.4) is 0 Å². The van der Waals surface area contributed by atoms with Crippen LogP contribution >= 0.6 is 0 Å². The van der Waals surface area contributed by atoms with Crippen molar-refractivity contribution in [2.75, 3.05) is 20.1 Å². The minimum Gasteiger partial charge on any atom is -0.345 e. The van der Waals surface area contributed by atoms with E-state index in [4.69, 9.17) is 5.26 Å². The fourth-order valence-corrected chi connectivity index (χ4v) is 1.38. The minimum atomic E-state index is -0.433. The number of nitrogens with one attached hydrogen (secondary N) is 1. The molecule has 0 fully saturated rings. The largest absolute Gasteiger partial charge is 0.345 e. The third kappa shape index (κ3) is 3.82. The van der Waals surface area contributed by atoms with E-state index < -0.39 is 5.82 Å². The molecular weight excluding hydrogens is 233 g/mol. The molecule has 1 rings (SSSR count). The Morgan fingerprint density at radius 2 is 2.28 bits per heavy atom. The number of amides is 1. The van der Waals surface area contributed by atoms with E-state index in [1.807, 2.05) is 13.0 Å². The van der Waals surface area contributed by atoms with Gasteiger partial charge in [0.2, 0.25) is 5.91 Å². The van der Waals surface area contributed by atoms with Crippen LogP contribution in [0.15, 0.2) is 18.2 Å². The normalized spacial score (nSPS) is 9.89. The predicted octanol–water partition coefficient (Wildman–Crippen LogP) is 1.27. The van der Waals surface area contributed by atoms with Crippen molar-refractivity contribution in [3.05, 3.63) is 35.1 Å². The Hall–Kier alpha value is -1.93. The van der Waals surface area contributed by atoms with Gasteiger partial charge in [0.1, 0.15) is 5.82 Å². The highest BCUT2D eigenvalue weighted by Crippen LogP contribution is 2.09. The molecule has 1 amide bonds. The Morgan fingerprint density at radius 1 is 1.56 bits per heavy atom. The number of benzene rings is 1. The molecule has 0 aromatic heterocycles. The van der Waals surface area contributed by atoms with Gasteiger partial charge in [-0.2, -0.15) is 5.26 Å². The van der Waals surface area contributed by atoms with Crippen molar-refractivity contribution in [1.82, 2.24) is 10.2 Å². The summed E-state index contributed by atoms with van der Waals surface area (Å²) in [5.74, 6) is -0.468. The second kappa shape index (κ2) is 6.72. The van der Waals surface area contributed by atoms with Gasteiger partial charge in [0.05, 0.1) is 18.2 Å². The molecule has 0 saturated carbocycles. The van der Waals surface area contributed by atoms with Crippen molar-refractivity contribution in [2.24, 2.45) is 0 Å². The zero-order chi connectivity index (χ0) is 13.5. The van der Waals surface area contributed by atoms with Crippen molar-refractivity contribution in [3.63, 3.8) is 0 Å². The minimum absolute atomic E-state index is 0.0356. The van der Waals surface area contributed by atoms with E-state index in [0.29, 0.717) is 12.1 Å². The van der Waals surface area contributed by atoms with E-state index in [1.54, 1.807) is 24.1 Å². The average molecular weight is 249 g/mol. The van der Waals surface area contributed by atoms with Crippen LogP contribution in [0, 0.1) is 17.1 Å². The maximum Gasteiger partial charge on any atom is 0.236 e. The molecule has 0 aliphatic rings. The van der Waals surface area contributed by atoms with Crippen molar-refractivity contribution in [3.8, 4) is 6.07 Å². The van der Waals surface area contributed by atoms with Gasteiger partial charge in [-0.3, -0.25) is 4.79 Å². The number of nitriles is 1. The summed E-state index contributed by atoms with van der Waals surface area (Å²) in [6.07, 6.45) is 0. The summed E-state index contributed by atoms with van der Waals surface area (Å²) in [6, 6.07) is 6.17. The summed E-state index contributed by atoms with van der Waals surface area (Å²) in [5.41, 5.74) is 0.735. The average Bonchev–Trinajstić information content (AvgIpc) is 2.39. The molecule has 0 bridgehead atoms. The monoisotopic (exact) mass is 249 g/mol. The van der Waals surface area contributed by atoms with Gasteiger partial charge < -0.3 is 10.2 Å². The molecule has 1 aromatic rings. The van der Waals surface area contributed by atoms with Gasteiger partial charge in [0.25, 0.3) is 0 Å². The fraction of sp³-hybridized carbons (Fsp3) is 0.385. The van der Waals surface area contributed by atoms with Crippen molar-refractivity contribution < 1.29 is 9.18 Å². The van der Waals surface area contributed by atoms with E-state index in [-0.39, 0.29) is 24.6 Å². The smallest absolute Gasteiger partial charge is 0.236 e. The van der Waals surface area contributed by atoms with E-state index in [0.717, 1.165) is 0 Å². The number of rotatable bonds is 5. The molecule has 0 saturated heterocycles. The first kappa shape index (κ1) is 14.1. The fourth-order valence-electron chi connectivity index (χ4n) is 1.38. The van der Waals surface area contributed by atoms with Crippen LogP contribution in [0.25, 0.3) is 0 Å². The number of likely N-dealkylation sites (N-methyl/N-ethyl adjacent to an activating group) is 1. The van der Waals surface area contributed by atoms with Crippen LogP contribution in [0.4, 0.5) is 4.39 Å². The van der Waals surface area contributed by atoms with Gasteiger partial charge in [0.15, 0.2) is 0 Å². The highest BCUT2D eigenvalue weighted by molar-refractivity contribution is 5.77. The molecule has 96 valence electrons. The predicted molar refractivity (Wildman–Crippen MR) is 66.1 cm³/mol. The summed E-state index contributed by atoms with van der Waals surface area (Å²) in [6.45, 7) is 2.97. The number of carbonyl (C=O) groups excluding carboxylic acids is 1. The second-order valence-corrected chi connectivity index (χ2v) is 3.93. The maximum atomic E-state index is 13.5. The Bertz CT molecular complexity index is 468. The third-order valence-corrected chi connectivity index (χ3v) is 2.67. The molecular formula is C13H16FN3O. The Labute approximate surface area is 106 Å². The SMILES string of the molecule is CCN(C)C(=O)CNCc1ccc(C#N)cc1F. The number of hydrogen-bond donors (Lipinski definition) is 1. The van der Waals surface area contributed by atoms with E-state index in [9.17, 15) is 9.18 Å². The summed E-state index contributed by atoms with van der Waals surface area (Å²) in [4.78, 5) is 13.1. The number of hydrogen-bond acceptors (Lipinski definition) is 3. The molecule has 1 N–H and O–H groups in total. The maximum absolute atomic E-state index is 13.5. The van der Waals surface area contributed by atoms with Crippen molar-refractivity contribution in [1.29, 1.82) is 5.26 Å². The third-order valence-electron chi connectivity index (χ3n) is 2.67. The van der Waals surface area contributed by atoms with Crippen LogP contribution in [0.5, 0.6) is 0 Å². The lowest BCUT2D eigenvalue weighted by atomic mass is 10.1. The Kier molecular flexibility index (Phi) is 5.28. The molecule has 0 heterocycles. The lowest BCUT2D eigenvalue weighted by molar-refractivity contribution is -0.128. The molecule has 18 heavy (non-hydrogen) atoms. The Balaban J connectivity index is 2.50. The number of halogens is 1. The molecule has 0 atom stereocenters. The zero-order valence-corrected chi connectivity index (χ0v) is 10.5. The van der Waals surface area contributed by atoms with Gasteiger partial charge in [-0.05, 0) is 19.1 Å².